The Hall–Kier alpha value is -1.44. The van der Waals surface area contributed by atoms with Gasteiger partial charge in [-0.05, 0) is 31.2 Å². The van der Waals surface area contributed by atoms with Gasteiger partial charge in [0.15, 0.2) is 0 Å². The van der Waals surface area contributed by atoms with Gasteiger partial charge in [-0.2, -0.15) is 0 Å². The second-order valence-electron chi connectivity index (χ2n) is 6.76. The summed E-state index contributed by atoms with van der Waals surface area (Å²) in [6.07, 6.45) is 3.65. The van der Waals surface area contributed by atoms with Gasteiger partial charge in [0.1, 0.15) is 17.0 Å². The van der Waals surface area contributed by atoms with Gasteiger partial charge in [-0.15, -0.1) is 23.7 Å². The molecule has 1 N–H and O–H groups in total. The van der Waals surface area contributed by atoms with Crippen molar-refractivity contribution in [3.63, 3.8) is 0 Å². The van der Waals surface area contributed by atoms with E-state index in [4.69, 9.17) is 0 Å². The lowest BCUT2D eigenvalue weighted by Crippen LogP contribution is -2.54. The van der Waals surface area contributed by atoms with E-state index in [9.17, 15) is 4.79 Å². The van der Waals surface area contributed by atoms with Crippen LogP contribution in [-0.4, -0.2) is 59.5 Å². The third-order valence-corrected chi connectivity index (χ3v) is 5.81. The number of hydrogen-bond donors (Lipinski definition) is 1. The van der Waals surface area contributed by atoms with Crippen LogP contribution in [0.2, 0.25) is 0 Å². The summed E-state index contributed by atoms with van der Waals surface area (Å²) >= 11 is 1.64. The topological polar surface area (TPSA) is 61.4 Å². The number of carbonyl (C=O) groups is 1. The van der Waals surface area contributed by atoms with Crippen molar-refractivity contribution in [3.05, 3.63) is 17.8 Å². The third kappa shape index (κ3) is 3.73. The molecule has 8 heteroatoms. The van der Waals surface area contributed by atoms with E-state index in [1.54, 1.807) is 17.7 Å². The number of aromatic nitrogens is 2. The predicted molar refractivity (Wildman–Crippen MR) is 104 cm³/mol. The Balaban J connectivity index is 0.00000182. The quantitative estimate of drug-likeness (QED) is 0.863. The summed E-state index contributed by atoms with van der Waals surface area (Å²) in [5, 5.41) is 6.56. The molecule has 4 heterocycles. The summed E-state index contributed by atoms with van der Waals surface area (Å²) in [6, 6.07) is 2.47. The SMILES string of the molecule is CC1CN(C(=O)C2CCCN(c3ncnc4sccc34)C2)CCN1.Cl. The highest BCUT2D eigenvalue weighted by atomic mass is 35.5. The van der Waals surface area contributed by atoms with Gasteiger partial charge >= 0.3 is 0 Å². The molecule has 6 nitrogen and oxygen atoms in total. The summed E-state index contributed by atoms with van der Waals surface area (Å²) < 4.78 is 0. The number of halogens is 1. The van der Waals surface area contributed by atoms with Crippen LogP contribution >= 0.6 is 23.7 Å². The summed E-state index contributed by atoms with van der Waals surface area (Å²) in [5.74, 6) is 1.36. The van der Waals surface area contributed by atoms with Crippen molar-refractivity contribution in [2.75, 3.05) is 37.6 Å². The van der Waals surface area contributed by atoms with Crippen molar-refractivity contribution in [2.45, 2.75) is 25.8 Å². The molecule has 0 aliphatic carbocycles. The number of piperidine rings is 1. The standard InChI is InChI=1S/C17H23N5OS.ClH/c1-12-9-22(7-5-18-12)17(23)13-3-2-6-21(10-13)15-14-4-8-24-16(14)20-11-19-15;/h4,8,11-13,18H,2-3,5-7,9-10H2,1H3;1H. The molecule has 2 saturated heterocycles. The number of nitrogens with zero attached hydrogens (tertiary/aromatic N) is 4. The summed E-state index contributed by atoms with van der Waals surface area (Å²) in [7, 11) is 0. The molecule has 4 rings (SSSR count). The third-order valence-electron chi connectivity index (χ3n) is 4.99. The highest BCUT2D eigenvalue weighted by Crippen LogP contribution is 2.30. The Morgan fingerprint density at radius 1 is 1.32 bits per heavy atom. The number of hydrogen-bond acceptors (Lipinski definition) is 6. The van der Waals surface area contributed by atoms with Gasteiger partial charge in [0.2, 0.25) is 5.91 Å². The van der Waals surface area contributed by atoms with E-state index in [-0.39, 0.29) is 18.3 Å². The second kappa shape index (κ2) is 7.85. The molecule has 0 radical (unpaired) electrons. The van der Waals surface area contributed by atoms with Gasteiger partial charge in [-0.1, -0.05) is 0 Å². The Morgan fingerprint density at radius 2 is 2.20 bits per heavy atom. The van der Waals surface area contributed by atoms with Crippen LogP contribution in [0.15, 0.2) is 17.8 Å². The second-order valence-corrected chi connectivity index (χ2v) is 7.66. The van der Waals surface area contributed by atoms with E-state index in [1.807, 2.05) is 4.90 Å². The first-order valence-electron chi connectivity index (χ1n) is 8.67. The number of fused-ring (bicyclic) bond motifs is 1. The van der Waals surface area contributed by atoms with Crippen LogP contribution in [0.4, 0.5) is 5.82 Å². The average Bonchev–Trinajstić information content (AvgIpc) is 3.10. The molecule has 136 valence electrons. The monoisotopic (exact) mass is 381 g/mol. The first-order valence-corrected chi connectivity index (χ1v) is 9.55. The van der Waals surface area contributed by atoms with Crippen LogP contribution in [0.5, 0.6) is 0 Å². The molecule has 0 spiro atoms. The van der Waals surface area contributed by atoms with Crippen molar-refractivity contribution in [2.24, 2.45) is 5.92 Å². The molecule has 0 aromatic carbocycles. The van der Waals surface area contributed by atoms with Gasteiger partial charge < -0.3 is 15.1 Å². The smallest absolute Gasteiger partial charge is 0.227 e. The molecule has 0 bridgehead atoms. The first-order chi connectivity index (χ1) is 11.7. The normalized spacial score (nSPS) is 24.2. The maximum absolute atomic E-state index is 12.9. The maximum Gasteiger partial charge on any atom is 0.227 e. The van der Waals surface area contributed by atoms with Crippen molar-refractivity contribution >= 4 is 45.7 Å². The molecular formula is C17H24ClN5OS. The molecule has 2 aromatic heterocycles. The van der Waals surface area contributed by atoms with E-state index < -0.39 is 0 Å². The van der Waals surface area contributed by atoms with E-state index in [0.29, 0.717) is 11.9 Å². The number of thiophene rings is 1. The van der Waals surface area contributed by atoms with Crippen molar-refractivity contribution < 1.29 is 4.79 Å². The lowest BCUT2D eigenvalue weighted by atomic mass is 9.95. The van der Waals surface area contributed by atoms with Gasteiger partial charge in [-0.25, -0.2) is 9.97 Å². The lowest BCUT2D eigenvalue weighted by Gasteiger charge is -2.38. The minimum absolute atomic E-state index is 0. The van der Waals surface area contributed by atoms with E-state index >= 15 is 0 Å². The summed E-state index contributed by atoms with van der Waals surface area (Å²) in [5.41, 5.74) is 0. The Bertz CT molecular complexity index is 739. The molecule has 2 atom stereocenters. The number of carbonyl (C=O) groups excluding carboxylic acids is 1. The fraction of sp³-hybridized carbons (Fsp3) is 0.588. The average molecular weight is 382 g/mol. The molecule has 1 amide bonds. The van der Waals surface area contributed by atoms with Crippen molar-refractivity contribution in [1.29, 1.82) is 0 Å². The van der Waals surface area contributed by atoms with E-state index in [0.717, 1.165) is 61.6 Å². The van der Waals surface area contributed by atoms with Crippen LogP contribution in [0, 0.1) is 5.92 Å². The predicted octanol–water partition coefficient (Wildman–Crippen LogP) is 2.15. The van der Waals surface area contributed by atoms with Gasteiger partial charge in [-0.3, -0.25) is 4.79 Å². The number of rotatable bonds is 2. The van der Waals surface area contributed by atoms with Gasteiger partial charge in [0, 0.05) is 38.8 Å². The largest absolute Gasteiger partial charge is 0.355 e. The van der Waals surface area contributed by atoms with Crippen LogP contribution in [0.25, 0.3) is 10.2 Å². The minimum atomic E-state index is 0. The number of nitrogens with one attached hydrogen (secondary N) is 1. The molecule has 2 aliphatic rings. The van der Waals surface area contributed by atoms with Crippen LogP contribution < -0.4 is 10.2 Å². The molecule has 2 aromatic rings. The fourth-order valence-electron chi connectivity index (χ4n) is 3.79. The van der Waals surface area contributed by atoms with Crippen LogP contribution in [0.1, 0.15) is 19.8 Å². The number of amides is 1. The fourth-order valence-corrected chi connectivity index (χ4v) is 4.52. The van der Waals surface area contributed by atoms with Crippen molar-refractivity contribution in [3.8, 4) is 0 Å². The van der Waals surface area contributed by atoms with Crippen LogP contribution in [-0.2, 0) is 4.79 Å². The highest BCUT2D eigenvalue weighted by molar-refractivity contribution is 7.16. The molecule has 2 aliphatic heterocycles. The van der Waals surface area contributed by atoms with Gasteiger partial charge in [0.25, 0.3) is 0 Å². The molecule has 2 unspecified atom stereocenters. The highest BCUT2D eigenvalue weighted by Gasteiger charge is 2.32. The van der Waals surface area contributed by atoms with Crippen molar-refractivity contribution in [1.82, 2.24) is 20.2 Å². The maximum atomic E-state index is 12.9. The zero-order chi connectivity index (χ0) is 16.5. The van der Waals surface area contributed by atoms with E-state index in [2.05, 4.69) is 38.6 Å². The Kier molecular flexibility index (Phi) is 5.76. The molecule has 0 saturated carbocycles. The first kappa shape index (κ1) is 18.4. The summed E-state index contributed by atoms with van der Waals surface area (Å²) in [6.45, 7) is 6.40. The molecular weight excluding hydrogens is 358 g/mol. The number of anilines is 1. The Labute approximate surface area is 158 Å². The Morgan fingerprint density at radius 3 is 3.04 bits per heavy atom. The molecule has 2 fully saturated rings. The zero-order valence-corrected chi connectivity index (χ0v) is 16.0. The van der Waals surface area contributed by atoms with Gasteiger partial charge in [0.05, 0.1) is 11.3 Å². The number of piperazine rings is 1. The van der Waals surface area contributed by atoms with E-state index in [1.165, 1.54) is 0 Å². The molecule has 25 heavy (non-hydrogen) atoms. The van der Waals surface area contributed by atoms with Crippen LogP contribution in [0.3, 0.4) is 0 Å². The minimum Gasteiger partial charge on any atom is -0.355 e. The summed E-state index contributed by atoms with van der Waals surface area (Å²) in [4.78, 5) is 27.1. The lowest BCUT2D eigenvalue weighted by molar-refractivity contribution is -0.136. The zero-order valence-electron chi connectivity index (χ0n) is 14.4.